The lowest BCUT2D eigenvalue weighted by molar-refractivity contribution is -0.135. The van der Waals surface area contributed by atoms with Crippen LogP contribution in [0.4, 0.5) is 0 Å². The van der Waals surface area contributed by atoms with Crippen molar-refractivity contribution in [1.82, 2.24) is 10.6 Å². The van der Waals surface area contributed by atoms with Gasteiger partial charge in [-0.1, -0.05) is 25.7 Å². The van der Waals surface area contributed by atoms with Gasteiger partial charge >= 0.3 is 0 Å². The maximum atomic E-state index is 11.8. The number of carbonyl (C=O) groups is 2. The molecule has 4 heteroatoms. The lowest BCUT2D eigenvalue weighted by Crippen LogP contribution is -2.54. The van der Waals surface area contributed by atoms with E-state index in [1.807, 2.05) is 0 Å². The second-order valence-corrected chi connectivity index (χ2v) is 6.48. The van der Waals surface area contributed by atoms with Gasteiger partial charge in [-0.25, -0.2) is 0 Å². The van der Waals surface area contributed by atoms with Crippen molar-refractivity contribution in [2.45, 2.75) is 69.9 Å². The van der Waals surface area contributed by atoms with E-state index in [1.165, 1.54) is 44.9 Å². The van der Waals surface area contributed by atoms with Gasteiger partial charge in [-0.2, -0.15) is 0 Å². The third-order valence-corrected chi connectivity index (χ3v) is 5.22. The smallest absolute Gasteiger partial charge is 0.243 e. The fraction of sp³-hybridized carbons (Fsp3) is 0.867. The van der Waals surface area contributed by atoms with Crippen LogP contribution in [-0.2, 0) is 9.59 Å². The zero-order valence-corrected chi connectivity index (χ0v) is 11.5. The van der Waals surface area contributed by atoms with Crippen LogP contribution >= 0.6 is 0 Å². The average molecular weight is 264 g/mol. The molecule has 1 saturated heterocycles. The van der Waals surface area contributed by atoms with E-state index >= 15 is 0 Å². The third kappa shape index (κ3) is 2.99. The predicted octanol–water partition coefficient (Wildman–Crippen LogP) is 1.74. The Balaban J connectivity index is 1.53. The SMILES string of the molecule is O=C1CCC(NC2CCC3CCCCC3C2)C(=O)N1. The number of rotatable bonds is 2. The Hall–Kier alpha value is -0.900. The number of amides is 2. The first-order chi connectivity index (χ1) is 9.22. The third-order valence-electron chi connectivity index (χ3n) is 5.22. The fourth-order valence-corrected chi connectivity index (χ4v) is 4.16. The van der Waals surface area contributed by atoms with Gasteiger partial charge in [0.25, 0.3) is 0 Å². The first-order valence-corrected chi connectivity index (χ1v) is 7.82. The summed E-state index contributed by atoms with van der Waals surface area (Å²) in [6.07, 6.45) is 10.4. The summed E-state index contributed by atoms with van der Waals surface area (Å²) in [4.78, 5) is 22.9. The Morgan fingerprint density at radius 1 is 0.947 bits per heavy atom. The van der Waals surface area contributed by atoms with E-state index in [1.54, 1.807) is 0 Å². The second-order valence-electron chi connectivity index (χ2n) is 6.48. The van der Waals surface area contributed by atoms with Crippen molar-refractivity contribution in [2.24, 2.45) is 11.8 Å². The largest absolute Gasteiger partial charge is 0.303 e. The number of piperidine rings is 1. The summed E-state index contributed by atoms with van der Waals surface area (Å²) in [5.41, 5.74) is 0. The first kappa shape index (κ1) is 13.1. The summed E-state index contributed by atoms with van der Waals surface area (Å²) in [5.74, 6) is 1.56. The Bertz CT molecular complexity index is 369. The van der Waals surface area contributed by atoms with E-state index in [0.29, 0.717) is 18.9 Å². The van der Waals surface area contributed by atoms with Crippen LogP contribution in [0.15, 0.2) is 0 Å². The first-order valence-electron chi connectivity index (χ1n) is 7.82. The molecule has 106 valence electrons. The van der Waals surface area contributed by atoms with Gasteiger partial charge in [0.2, 0.25) is 11.8 Å². The maximum Gasteiger partial charge on any atom is 0.243 e. The number of imide groups is 1. The van der Waals surface area contributed by atoms with E-state index < -0.39 is 0 Å². The quantitative estimate of drug-likeness (QED) is 0.747. The molecule has 3 fully saturated rings. The van der Waals surface area contributed by atoms with Gasteiger partial charge in [0.05, 0.1) is 6.04 Å². The van der Waals surface area contributed by atoms with E-state index in [-0.39, 0.29) is 17.9 Å². The Morgan fingerprint density at radius 3 is 2.53 bits per heavy atom. The topological polar surface area (TPSA) is 58.2 Å². The average Bonchev–Trinajstić information content (AvgIpc) is 2.42. The van der Waals surface area contributed by atoms with Crippen molar-refractivity contribution < 1.29 is 9.59 Å². The molecule has 2 amide bonds. The highest BCUT2D eigenvalue weighted by Crippen LogP contribution is 2.40. The second kappa shape index (κ2) is 5.61. The number of nitrogens with one attached hydrogen (secondary N) is 2. The summed E-state index contributed by atoms with van der Waals surface area (Å²) in [7, 11) is 0. The van der Waals surface area contributed by atoms with Gasteiger partial charge in [0.15, 0.2) is 0 Å². The van der Waals surface area contributed by atoms with Crippen molar-refractivity contribution in [3.05, 3.63) is 0 Å². The van der Waals surface area contributed by atoms with Crippen molar-refractivity contribution in [1.29, 1.82) is 0 Å². The molecule has 3 aliphatic rings. The molecule has 0 aromatic rings. The van der Waals surface area contributed by atoms with Crippen molar-refractivity contribution in [3.8, 4) is 0 Å². The molecule has 0 aromatic carbocycles. The number of fused-ring (bicyclic) bond motifs is 1. The van der Waals surface area contributed by atoms with E-state index in [4.69, 9.17) is 0 Å². The molecule has 19 heavy (non-hydrogen) atoms. The van der Waals surface area contributed by atoms with Gasteiger partial charge in [0, 0.05) is 12.5 Å². The molecule has 4 unspecified atom stereocenters. The van der Waals surface area contributed by atoms with Crippen molar-refractivity contribution >= 4 is 11.8 Å². The summed E-state index contributed by atoms with van der Waals surface area (Å²) in [5, 5.41) is 5.93. The maximum absolute atomic E-state index is 11.8. The van der Waals surface area contributed by atoms with Crippen molar-refractivity contribution in [3.63, 3.8) is 0 Å². The van der Waals surface area contributed by atoms with Crippen LogP contribution in [0.25, 0.3) is 0 Å². The molecule has 4 atom stereocenters. The monoisotopic (exact) mass is 264 g/mol. The Kier molecular flexibility index (Phi) is 3.87. The minimum Gasteiger partial charge on any atom is -0.303 e. The van der Waals surface area contributed by atoms with Gasteiger partial charge < -0.3 is 5.32 Å². The van der Waals surface area contributed by atoms with Gasteiger partial charge in [-0.15, -0.1) is 0 Å². The minimum absolute atomic E-state index is 0.123. The van der Waals surface area contributed by atoms with Crippen LogP contribution in [0.1, 0.15) is 57.8 Å². The van der Waals surface area contributed by atoms with Crippen LogP contribution in [0.2, 0.25) is 0 Å². The number of carbonyl (C=O) groups excluding carboxylic acids is 2. The summed E-state index contributed by atoms with van der Waals surface area (Å²) < 4.78 is 0. The highest BCUT2D eigenvalue weighted by molar-refractivity contribution is 6.00. The predicted molar refractivity (Wildman–Crippen MR) is 72.4 cm³/mol. The lowest BCUT2D eigenvalue weighted by atomic mass is 9.69. The Morgan fingerprint density at radius 2 is 1.74 bits per heavy atom. The number of hydrogen-bond acceptors (Lipinski definition) is 3. The van der Waals surface area contributed by atoms with Gasteiger partial charge in [0.1, 0.15) is 0 Å². The fourth-order valence-electron chi connectivity index (χ4n) is 4.16. The molecule has 3 rings (SSSR count). The molecule has 1 heterocycles. The van der Waals surface area contributed by atoms with Crippen molar-refractivity contribution in [2.75, 3.05) is 0 Å². The molecule has 0 radical (unpaired) electrons. The molecular weight excluding hydrogens is 240 g/mol. The minimum atomic E-state index is -0.150. The van der Waals surface area contributed by atoms with E-state index in [9.17, 15) is 9.59 Å². The molecule has 0 bridgehead atoms. The summed E-state index contributed by atoms with van der Waals surface area (Å²) in [6, 6.07) is 0.325. The highest BCUT2D eigenvalue weighted by atomic mass is 16.2. The standard InChI is InChI=1S/C15H24N2O2/c18-14-8-7-13(15(19)17-14)16-12-6-5-10-3-1-2-4-11(10)9-12/h10-13,16H,1-9H2,(H,17,18,19). The number of hydrogen-bond donors (Lipinski definition) is 2. The molecule has 1 aliphatic heterocycles. The lowest BCUT2D eigenvalue weighted by Gasteiger charge is -2.40. The van der Waals surface area contributed by atoms with Gasteiger partial charge in [-0.3, -0.25) is 14.9 Å². The van der Waals surface area contributed by atoms with Gasteiger partial charge in [-0.05, 0) is 37.5 Å². The molecule has 2 N–H and O–H groups in total. The normalized spacial score (nSPS) is 39.6. The summed E-state index contributed by atoms with van der Waals surface area (Å²) >= 11 is 0. The zero-order chi connectivity index (χ0) is 13.2. The molecular formula is C15H24N2O2. The van der Waals surface area contributed by atoms with Crippen LogP contribution in [0, 0.1) is 11.8 Å². The molecule has 2 aliphatic carbocycles. The summed E-state index contributed by atoms with van der Waals surface area (Å²) in [6.45, 7) is 0. The van der Waals surface area contributed by atoms with Crippen LogP contribution in [0.3, 0.4) is 0 Å². The Labute approximate surface area is 114 Å². The zero-order valence-electron chi connectivity index (χ0n) is 11.5. The molecule has 0 spiro atoms. The van der Waals surface area contributed by atoms with E-state index in [0.717, 1.165) is 11.8 Å². The molecule has 4 nitrogen and oxygen atoms in total. The van der Waals surface area contributed by atoms with E-state index in [2.05, 4.69) is 10.6 Å². The van der Waals surface area contributed by atoms with Crippen LogP contribution in [0.5, 0.6) is 0 Å². The van der Waals surface area contributed by atoms with Crippen LogP contribution in [-0.4, -0.2) is 23.9 Å². The molecule has 0 aromatic heterocycles. The molecule has 2 saturated carbocycles. The van der Waals surface area contributed by atoms with Crippen LogP contribution < -0.4 is 10.6 Å². The highest BCUT2D eigenvalue weighted by Gasteiger charge is 2.35.